The number of hydrogen-bond donors (Lipinski definition) is 1. The summed E-state index contributed by atoms with van der Waals surface area (Å²) in [6, 6.07) is -0.394. The van der Waals surface area contributed by atoms with Crippen LogP contribution in [0.1, 0.15) is 96.3 Å². The van der Waals surface area contributed by atoms with Crippen LogP contribution < -0.4 is 0 Å². The number of carboxylic acid groups (broad SMARTS) is 1. The Kier molecular flexibility index (Phi) is 8.71. The first-order valence-corrected chi connectivity index (χ1v) is 16.4. The number of rotatable bonds is 6. The molecule has 9 unspecified atom stereocenters. The summed E-state index contributed by atoms with van der Waals surface area (Å²) in [5, 5.41) is 8.63. The van der Waals surface area contributed by atoms with Gasteiger partial charge in [0.25, 0.3) is 0 Å². The fourth-order valence-electron chi connectivity index (χ4n) is 8.51. The normalized spacial score (nSPS) is 41.2. The molecule has 1 N–H and O–H groups in total. The molecule has 1 heterocycles. The van der Waals surface area contributed by atoms with Crippen LogP contribution in [0.25, 0.3) is 0 Å². The molecular weight excluding hydrogens is 519 g/mol. The summed E-state index contributed by atoms with van der Waals surface area (Å²) in [4.78, 5) is 11.9. The first kappa shape index (κ1) is 28.7. The summed E-state index contributed by atoms with van der Waals surface area (Å²) in [5.41, 5.74) is 0. The van der Waals surface area contributed by atoms with E-state index in [1.54, 1.807) is 0 Å². The van der Waals surface area contributed by atoms with Gasteiger partial charge >= 0.3 is 12.1 Å². The van der Waals surface area contributed by atoms with Crippen molar-refractivity contribution in [3.63, 3.8) is 0 Å². The minimum Gasteiger partial charge on any atom is -0.481 e. The van der Waals surface area contributed by atoms with Gasteiger partial charge in [0.05, 0.1) is 23.2 Å². The lowest BCUT2D eigenvalue weighted by Crippen LogP contribution is -2.58. The summed E-state index contributed by atoms with van der Waals surface area (Å²) in [6.45, 7) is 0.538. The van der Waals surface area contributed by atoms with Gasteiger partial charge in [-0.3, -0.25) is 4.79 Å². The number of alkyl halides is 3. The molecule has 1 saturated heterocycles. The molecule has 5 rings (SSSR count). The van der Waals surface area contributed by atoms with Crippen molar-refractivity contribution in [3.05, 3.63) is 0 Å². The third-order valence-electron chi connectivity index (χ3n) is 10.7. The van der Waals surface area contributed by atoms with Crippen molar-refractivity contribution >= 4 is 16.0 Å². The highest BCUT2D eigenvalue weighted by Gasteiger charge is 2.51. The van der Waals surface area contributed by atoms with Crippen LogP contribution in [0.5, 0.6) is 0 Å². The zero-order chi connectivity index (χ0) is 27.1. The highest BCUT2D eigenvalue weighted by Crippen LogP contribution is 2.46. The van der Waals surface area contributed by atoms with E-state index < -0.39 is 51.7 Å². The standard InChI is InChI=1S/C28H44F3NO5S/c29-28(30,31)23-6-3-7-25(14-23)38(35,36)32-16-22(27(33)34)13-21-10-11-24(15-26(21)32)37-17-18-8-9-19-4-1-2-5-20(19)12-18/h18-26H,1-17H2,(H,33,34). The second-order valence-corrected chi connectivity index (χ2v) is 15.2. The molecule has 5 fully saturated rings. The Morgan fingerprint density at radius 2 is 1.58 bits per heavy atom. The summed E-state index contributed by atoms with van der Waals surface area (Å²) in [5.74, 6) is -1.35. The molecule has 0 aromatic heterocycles. The fraction of sp³-hybridized carbons (Fsp3) is 0.964. The maximum absolute atomic E-state index is 13.8. The Hall–Kier alpha value is -0.870. The Morgan fingerprint density at radius 1 is 0.842 bits per heavy atom. The monoisotopic (exact) mass is 563 g/mol. The maximum Gasteiger partial charge on any atom is 0.391 e. The summed E-state index contributed by atoms with van der Waals surface area (Å²) >= 11 is 0. The van der Waals surface area contributed by atoms with Crippen molar-refractivity contribution in [2.45, 2.75) is 120 Å². The minimum atomic E-state index is -4.41. The van der Waals surface area contributed by atoms with E-state index >= 15 is 0 Å². The van der Waals surface area contributed by atoms with Crippen molar-refractivity contribution in [3.8, 4) is 0 Å². The third-order valence-corrected chi connectivity index (χ3v) is 13.0. The predicted octanol–water partition coefficient (Wildman–Crippen LogP) is 6.00. The van der Waals surface area contributed by atoms with Gasteiger partial charge < -0.3 is 9.84 Å². The molecule has 10 heteroatoms. The van der Waals surface area contributed by atoms with Gasteiger partial charge in [-0.15, -0.1) is 0 Å². The van der Waals surface area contributed by atoms with Crippen molar-refractivity contribution in [1.82, 2.24) is 4.31 Å². The number of piperidine rings is 1. The van der Waals surface area contributed by atoms with E-state index in [0.717, 1.165) is 18.3 Å². The molecule has 0 bridgehead atoms. The SMILES string of the molecule is O=C(O)C1CC2CCC(OCC3CCC4CCCCC4C3)CC2N(S(=O)(=O)C2CCCC(C(F)(F)F)C2)C1. The molecule has 1 aliphatic heterocycles. The molecular formula is C28H44F3NO5S. The van der Waals surface area contributed by atoms with Gasteiger partial charge in [-0.2, -0.15) is 17.5 Å². The second kappa shape index (κ2) is 11.6. The number of fused-ring (bicyclic) bond motifs is 2. The summed E-state index contributed by atoms with van der Waals surface area (Å²) in [6.07, 6.45) is 6.86. The van der Waals surface area contributed by atoms with E-state index in [0.29, 0.717) is 31.8 Å². The Bertz CT molecular complexity index is 943. The summed E-state index contributed by atoms with van der Waals surface area (Å²) < 4.78 is 75.7. The number of carboxylic acids is 1. The van der Waals surface area contributed by atoms with Crippen LogP contribution in [0.15, 0.2) is 0 Å². The van der Waals surface area contributed by atoms with Gasteiger partial charge in [-0.25, -0.2) is 8.42 Å². The quantitative estimate of drug-likeness (QED) is 0.428. The lowest BCUT2D eigenvalue weighted by Gasteiger charge is -2.48. The molecule has 4 saturated carbocycles. The molecule has 5 aliphatic rings. The van der Waals surface area contributed by atoms with Crippen molar-refractivity contribution < 1.29 is 36.2 Å². The molecule has 9 atom stereocenters. The number of nitrogens with zero attached hydrogens (tertiary/aromatic N) is 1. The van der Waals surface area contributed by atoms with Crippen LogP contribution in [-0.2, 0) is 19.6 Å². The van der Waals surface area contributed by atoms with Crippen LogP contribution in [0, 0.1) is 35.5 Å². The topological polar surface area (TPSA) is 83.9 Å². The largest absolute Gasteiger partial charge is 0.481 e. The first-order chi connectivity index (χ1) is 18.0. The van der Waals surface area contributed by atoms with Gasteiger partial charge in [0.15, 0.2) is 0 Å². The van der Waals surface area contributed by atoms with Gasteiger partial charge in [-0.05, 0) is 87.9 Å². The first-order valence-electron chi connectivity index (χ1n) is 14.9. The number of sulfonamides is 1. The van der Waals surface area contributed by atoms with Gasteiger partial charge in [0, 0.05) is 19.2 Å². The Balaban J connectivity index is 1.25. The highest BCUT2D eigenvalue weighted by molar-refractivity contribution is 7.89. The van der Waals surface area contributed by atoms with E-state index in [2.05, 4.69) is 0 Å². The van der Waals surface area contributed by atoms with Crippen LogP contribution in [-0.4, -0.2) is 60.5 Å². The predicted molar refractivity (Wildman–Crippen MR) is 137 cm³/mol. The number of carbonyl (C=O) groups is 1. The maximum atomic E-state index is 13.8. The molecule has 4 aliphatic carbocycles. The number of hydrogen-bond acceptors (Lipinski definition) is 4. The second-order valence-electron chi connectivity index (χ2n) is 13.0. The van der Waals surface area contributed by atoms with E-state index in [1.807, 2.05) is 0 Å². The molecule has 0 amide bonds. The lowest BCUT2D eigenvalue weighted by atomic mass is 9.68. The van der Waals surface area contributed by atoms with Crippen LogP contribution in [0.3, 0.4) is 0 Å². The third kappa shape index (κ3) is 6.22. The van der Waals surface area contributed by atoms with Crippen LogP contribution >= 0.6 is 0 Å². The van der Waals surface area contributed by atoms with E-state index in [4.69, 9.17) is 4.74 Å². The molecule has 0 radical (unpaired) electrons. The number of halogens is 3. The zero-order valence-electron chi connectivity index (χ0n) is 22.3. The van der Waals surface area contributed by atoms with Gasteiger partial charge in [0.2, 0.25) is 10.0 Å². The summed E-state index contributed by atoms with van der Waals surface area (Å²) in [7, 11) is -4.07. The Labute approximate surface area is 225 Å². The molecule has 6 nitrogen and oxygen atoms in total. The van der Waals surface area contributed by atoms with E-state index in [1.165, 1.54) is 49.3 Å². The van der Waals surface area contributed by atoms with Gasteiger partial charge in [-0.1, -0.05) is 32.1 Å². The van der Waals surface area contributed by atoms with E-state index in [9.17, 15) is 31.5 Å². The van der Waals surface area contributed by atoms with Crippen LogP contribution in [0.4, 0.5) is 13.2 Å². The molecule has 0 aromatic rings. The highest BCUT2D eigenvalue weighted by atomic mass is 32.2. The average Bonchev–Trinajstić information content (AvgIpc) is 2.90. The number of ether oxygens (including phenoxy) is 1. The van der Waals surface area contributed by atoms with Gasteiger partial charge in [0.1, 0.15) is 0 Å². The molecule has 0 spiro atoms. The van der Waals surface area contributed by atoms with Crippen molar-refractivity contribution in [2.24, 2.45) is 35.5 Å². The number of aliphatic carboxylic acids is 1. The van der Waals surface area contributed by atoms with Crippen LogP contribution in [0.2, 0.25) is 0 Å². The fourth-order valence-corrected chi connectivity index (χ4v) is 10.9. The molecule has 38 heavy (non-hydrogen) atoms. The Morgan fingerprint density at radius 3 is 2.32 bits per heavy atom. The van der Waals surface area contributed by atoms with E-state index in [-0.39, 0.29) is 37.8 Å². The zero-order valence-corrected chi connectivity index (χ0v) is 23.1. The van der Waals surface area contributed by atoms with Crippen molar-refractivity contribution in [1.29, 1.82) is 0 Å². The smallest absolute Gasteiger partial charge is 0.391 e. The minimum absolute atomic E-state index is 0.0436. The molecule has 0 aromatic carbocycles. The van der Waals surface area contributed by atoms with Crippen molar-refractivity contribution in [2.75, 3.05) is 13.2 Å². The lowest BCUT2D eigenvalue weighted by molar-refractivity contribution is -0.181. The average molecular weight is 564 g/mol. The molecule has 218 valence electrons.